The lowest BCUT2D eigenvalue weighted by Gasteiger charge is -2.24. The summed E-state index contributed by atoms with van der Waals surface area (Å²) in [6, 6.07) is 0.189. The monoisotopic (exact) mass is 523 g/mol. The fraction of sp³-hybridized carbons (Fsp3) is 0.743. The summed E-state index contributed by atoms with van der Waals surface area (Å²) >= 11 is 0. The summed E-state index contributed by atoms with van der Waals surface area (Å²) in [6.45, 7) is 4.91. The van der Waals surface area contributed by atoms with Crippen LogP contribution in [0.1, 0.15) is 123 Å². The van der Waals surface area contributed by atoms with E-state index in [1.807, 2.05) is 0 Å². The molecule has 1 fully saturated rings. The molecule has 0 aromatic heterocycles. The Morgan fingerprint density at radius 3 is 1.61 bits per heavy atom. The number of ether oxygens (including phenoxy) is 1. The molecule has 3 rings (SSSR count). The summed E-state index contributed by atoms with van der Waals surface area (Å²) in [5.74, 6) is 3.10. The van der Waals surface area contributed by atoms with Gasteiger partial charge in [-0.1, -0.05) is 145 Å². The Morgan fingerprint density at radius 2 is 1.11 bits per heavy atom. The first-order chi connectivity index (χ1) is 18.7. The molecule has 3 aliphatic rings. The van der Waals surface area contributed by atoms with Gasteiger partial charge >= 0.3 is 6.09 Å². The summed E-state index contributed by atoms with van der Waals surface area (Å²) in [5, 5.41) is 3.04. The Kier molecular flexibility index (Phi) is 15.0. The van der Waals surface area contributed by atoms with Crippen molar-refractivity contribution in [3.63, 3.8) is 0 Å². The number of unbranched alkanes of at least 4 members (excludes halogenated alkanes) is 13. The van der Waals surface area contributed by atoms with Crippen molar-refractivity contribution in [2.75, 3.05) is 6.61 Å². The molecule has 0 aromatic rings. The van der Waals surface area contributed by atoms with Crippen molar-refractivity contribution in [1.82, 2.24) is 5.32 Å². The standard InChI is InChI=1S/C35H57NO2/c1-3-4-5-6-7-8-9-10-11-12-13-14-15-16-22-29(2)36-35(37)38-28-21-27-34-32-25-19-17-23-30(32)31-24-18-20-26-33(31)34/h17-20,23-26,29-34H,3-16,21-22,27-28H2,1-2H3,(H,36,37)/t29-,30?,31?,32?,33?,34?/m0/s1. The minimum atomic E-state index is -0.244. The van der Waals surface area contributed by atoms with Crippen molar-refractivity contribution >= 4 is 6.09 Å². The van der Waals surface area contributed by atoms with Crippen molar-refractivity contribution < 1.29 is 9.53 Å². The molecule has 0 spiro atoms. The first-order valence-electron chi connectivity index (χ1n) is 16.3. The van der Waals surface area contributed by atoms with E-state index in [2.05, 4.69) is 67.8 Å². The van der Waals surface area contributed by atoms with Crippen molar-refractivity contribution in [3.05, 3.63) is 48.6 Å². The number of fused-ring (bicyclic) bond motifs is 3. The molecule has 3 aliphatic carbocycles. The summed E-state index contributed by atoms with van der Waals surface area (Å²) < 4.78 is 5.55. The Hall–Kier alpha value is -1.77. The van der Waals surface area contributed by atoms with E-state index in [4.69, 9.17) is 4.74 Å². The van der Waals surface area contributed by atoms with E-state index in [0.717, 1.165) is 19.3 Å². The van der Waals surface area contributed by atoms with Gasteiger partial charge < -0.3 is 10.1 Å². The van der Waals surface area contributed by atoms with Gasteiger partial charge in [0.2, 0.25) is 0 Å². The Labute approximate surface area is 234 Å². The Bertz CT molecular complexity index is 732. The minimum absolute atomic E-state index is 0.189. The highest BCUT2D eigenvalue weighted by atomic mass is 16.5. The molecule has 3 heteroatoms. The number of hydrogen-bond acceptors (Lipinski definition) is 2. The van der Waals surface area contributed by atoms with E-state index in [9.17, 15) is 4.79 Å². The number of amides is 1. The SMILES string of the molecule is CCCCCCCCCCCCCCCC[C@H](C)NC(=O)OCCCC1C2C=CC=CC2C2C=CC=CC21. The van der Waals surface area contributed by atoms with Gasteiger partial charge in [0.1, 0.15) is 0 Å². The first kappa shape index (κ1) is 30.8. The second-order valence-electron chi connectivity index (χ2n) is 12.2. The lowest BCUT2D eigenvalue weighted by Crippen LogP contribution is -2.33. The molecule has 0 bridgehead atoms. The molecular weight excluding hydrogens is 466 g/mol. The summed E-state index contributed by atoms with van der Waals surface area (Å²) in [6.07, 6.45) is 40.6. The molecule has 5 atom stereocenters. The number of carbonyl (C=O) groups is 1. The average molecular weight is 524 g/mol. The zero-order valence-electron chi connectivity index (χ0n) is 24.6. The van der Waals surface area contributed by atoms with Crippen molar-refractivity contribution in [2.45, 2.75) is 129 Å². The van der Waals surface area contributed by atoms with Crippen LogP contribution in [0.5, 0.6) is 0 Å². The number of alkyl carbamates (subject to hydrolysis) is 1. The molecule has 1 amide bonds. The molecule has 0 radical (unpaired) electrons. The van der Waals surface area contributed by atoms with Crippen molar-refractivity contribution in [2.24, 2.45) is 29.6 Å². The molecule has 0 aliphatic heterocycles. The van der Waals surface area contributed by atoms with Gasteiger partial charge in [-0.25, -0.2) is 4.79 Å². The fourth-order valence-corrected chi connectivity index (χ4v) is 6.99. The van der Waals surface area contributed by atoms with Crippen LogP contribution in [0.2, 0.25) is 0 Å². The molecular formula is C35H57NO2. The summed E-state index contributed by atoms with van der Waals surface area (Å²) in [7, 11) is 0. The molecule has 38 heavy (non-hydrogen) atoms. The molecule has 3 nitrogen and oxygen atoms in total. The van der Waals surface area contributed by atoms with Crippen LogP contribution >= 0.6 is 0 Å². The highest BCUT2D eigenvalue weighted by Gasteiger charge is 2.46. The van der Waals surface area contributed by atoms with Crippen LogP contribution in [0.15, 0.2) is 48.6 Å². The van der Waals surface area contributed by atoms with Gasteiger partial charge in [0, 0.05) is 6.04 Å². The maximum absolute atomic E-state index is 12.3. The highest BCUT2D eigenvalue weighted by Crippen LogP contribution is 2.52. The van der Waals surface area contributed by atoms with Crippen LogP contribution in [0.4, 0.5) is 4.79 Å². The molecule has 1 N–H and O–H groups in total. The number of carbonyl (C=O) groups excluding carboxylic acids is 1. The van der Waals surface area contributed by atoms with Gasteiger partial charge in [-0.3, -0.25) is 0 Å². The van der Waals surface area contributed by atoms with Gasteiger partial charge in [-0.05, 0) is 55.8 Å². The third-order valence-electron chi connectivity index (χ3n) is 9.15. The van der Waals surface area contributed by atoms with E-state index >= 15 is 0 Å². The Morgan fingerprint density at radius 1 is 0.658 bits per heavy atom. The van der Waals surface area contributed by atoms with Crippen LogP contribution in [-0.2, 0) is 4.74 Å². The normalized spacial score (nSPS) is 25.8. The largest absolute Gasteiger partial charge is 0.450 e. The zero-order valence-corrected chi connectivity index (χ0v) is 24.6. The van der Waals surface area contributed by atoms with Crippen LogP contribution in [-0.4, -0.2) is 18.7 Å². The van der Waals surface area contributed by atoms with Crippen LogP contribution in [0, 0.1) is 29.6 Å². The zero-order chi connectivity index (χ0) is 26.8. The topological polar surface area (TPSA) is 38.3 Å². The Balaban J connectivity index is 1.14. The predicted molar refractivity (Wildman–Crippen MR) is 162 cm³/mol. The second kappa shape index (κ2) is 18.5. The van der Waals surface area contributed by atoms with E-state index < -0.39 is 0 Å². The number of nitrogens with one attached hydrogen (secondary N) is 1. The lowest BCUT2D eigenvalue weighted by molar-refractivity contribution is 0.136. The highest BCUT2D eigenvalue weighted by molar-refractivity contribution is 5.67. The molecule has 214 valence electrons. The van der Waals surface area contributed by atoms with Gasteiger partial charge in [0.25, 0.3) is 0 Å². The number of rotatable bonds is 20. The maximum atomic E-state index is 12.3. The van der Waals surface area contributed by atoms with Gasteiger partial charge in [0.05, 0.1) is 6.61 Å². The maximum Gasteiger partial charge on any atom is 0.407 e. The number of hydrogen-bond donors (Lipinski definition) is 1. The first-order valence-corrected chi connectivity index (χ1v) is 16.3. The van der Waals surface area contributed by atoms with Crippen molar-refractivity contribution in [1.29, 1.82) is 0 Å². The molecule has 0 saturated heterocycles. The molecule has 0 heterocycles. The summed E-state index contributed by atoms with van der Waals surface area (Å²) in [5.41, 5.74) is 0. The molecule has 1 saturated carbocycles. The third kappa shape index (κ3) is 10.8. The van der Waals surface area contributed by atoms with E-state index in [-0.39, 0.29) is 12.1 Å². The van der Waals surface area contributed by atoms with Crippen LogP contribution in [0.25, 0.3) is 0 Å². The molecule has 0 aromatic carbocycles. The number of allylic oxidation sites excluding steroid dienone is 8. The van der Waals surface area contributed by atoms with Gasteiger partial charge in [-0.15, -0.1) is 0 Å². The van der Waals surface area contributed by atoms with Crippen LogP contribution in [0.3, 0.4) is 0 Å². The van der Waals surface area contributed by atoms with E-state index in [0.29, 0.717) is 36.2 Å². The fourth-order valence-electron chi connectivity index (χ4n) is 6.99. The lowest BCUT2D eigenvalue weighted by atomic mass is 9.82. The van der Waals surface area contributed by atoms with Gasteiger partial charge in [0.15, 0.2) is 0 Å². The molecule has 4 unspecified atom stereocenters. The minimum Gasteiger partial charge on any atom is -0.450 e. The van der Waals surface area contributed by atoms with Gasteiger partial charge in [-0.2, -0.15) is 0 Å². The smallest absolute Gasteiger partial charge is 0.407 e. The quantitative estimate of drug-likeness (QED) is 0.161. The van der Waals surface area contributed by atoms with Crippen LogP contribution < -0.4 is 5.32 Å². The predicted octanol–water partition coefficient (Wildman–Crippen LogP) is 10.1. The summed E-state index contributed by atoms with van der Waals surface area (Å²) in [4.78, 5) is 12.3. The second-order valence-corrected chi connectivity index (χ2v) is 12.2. The van der Waals surface area contributed by atoms with Crippen molar-refractivity contribution in [3.8, 4) is 0 Å². The average Bonchev–Trinajstić information content (AvgIpc) is 3.25. The third-order valence-corrected chi connectivity index (χ3v) is 9.15. The van der Waals surface area contributed by atoms with E-state index in [1.54, 1.807) is 0 Å². The van der Waals surface area contributed by atoms with E-state index in [1.165, 1.54) is 89.9 Å².